The summed E-state index contributed by atoms with van der Waals surface area (Å²) in [5.41, 5.74) is 0.971. The molecule has 6 nitrogen and oxygen atoms in total. The molecule has 1 fully saturated rings. The zero-order valence-electron chi connectivity index (χ0n) is 11.1. The number of hydrogen-bond donors (Lipinski definition) is 2. The largest absolute Gasteiger partial charge is 0.326 e. The summed E-state index contributed by atoms with van der Waals surface area (Å²) >= 11 is 5.83. The van der Waals surface area contributed by atoms with Gasteiger partial charge in [-0.25, -0.2) is 0 Å². The van der Waals surface area contributed by atoms with Crippen molar-refractivity contribution in [1.29, 1.82) is 0 Å². The average molecular weight is 298 g/mol. The van der Waals surface area contributed by atoms with Crippen LogP contribution >= 0.6 is 11.6 Å². The van der Waals surface area contributed by atoms with E-state index in [0.717, 1.165) is 0 Å². The second-order valence-electron chi connectivity index (χ2n) is 4.90. The van der Waals surface area contributed by atoms with Gasteiger partial charge in [0.2, 0.25) is 5.91 Å². The Morgan fingerprint density at radius 3 is 2.80 bits per heavy atom. The van der Waals surface area contributed by atoms with Gasteiger partial charge in [0.25, 0.3) is 5.69 Å². The van der Waals surface area contributed by atoms with Gasteiger partial charge in [-0.1, -0.05) is 11.6 Å². The lowest BCUT2D eigenvalue weighted by Gasteiger charge is -2.09. The molecule has 1 aromatic carbocycles. The number of carbonyl (C=O) groups excluding carboxylic acids is 1. The molecule has 0 heterocycles. The number of nitro groups is 1. The summed E-state index contributed by atoms with van der Waals surface area (Å²) < 4.78 is 0. The molecule has 108 valence electrons. The molecule has 2 N–H and O–H groups in total. The van der Waals surface area contributed by atoms with Crippen LogP contribution < -0.4 is 10.6 Å². The van der Waals surface area contributed by atoms with Crippen LogP contribution in [0.2, 0.25) is 5.02 Å². The topological polar surface area (TPSA) is 84.3 Å². The van der Waals surface area contributed by atoms with E-state index in [2.05, 4.69) is 10.6 Å². The maximum absolute atomic E-state index is 11.8. The van der Waals surface area contributed by atoms with E-state index < -0.39 is 4.92 Å². The molecule has 1 aromatic rings. The maximum Gasteiger partial charge on any atom is 0.288 e. The van der Waals surface area contributed by atoms with Gasteiger partial charge in [0.05, 0.1) is 4.92 Å². The Hall–Kier alpha value is -1.66. The molecule has 0 aromatic heterocycles. The lowest BCUT2D eigenvalue weighted by molar-refractivity contribution is -0.384. The fourth-order valence-corrected chi connectivity index (χ4v) is 2.06. The van der Waals surface area contributed by atoms with Crippen LogP contribution in [0.15, 0.2) is 12.1 Å². The van der Waals surface area contributed by atoms with Crippen molar-refractivity contribution in [3.8, 4) is 0 Å². The molecule has 0 radical (unpaired) electrons. The molecule has 0 saturated heterocycles. The number of anilines is 1. The predicted molar refractivity (Wildman–Crippen MR) is 77.1 cm³/mol. The molecule has 7 heteroatoms. The second kappa shape index (κ2) is 6.19. The van der Waals surface area contributed by atoms with E-state index in [0.29, 0.717) is 30.3 Å². The van der Waals surface area contributed by atoms with E-state index in [-0.39, 0.29) is 16.6 Å². The van der Waals surface area contributed by atoms with Crippen LogP contribution in [-0.4, -0.2) is 23.4 Å². The Morgan fingerprint density at radius 2 is 2.20 bits per heavy atom. The summed E-state index contributed by atoms with van der Waals surface area (Å²) in [6, 6.07) is 3.35. The Morgan fingerprint density at radius 1 is 1.50 bits per heavy atom. The normalized spacial score (nSPS) is 14.1. The van der Waals surface area contributed by atoms with Gasteiger partial charge in [0.1, 0.15) is 5.02 Å². The van der Waals surface area contributed by atoms with Crippen molar-refractivity contribution in [3.05, 3.63) is 32.8 Å². The standard InChI is InChI=1S/C13H16ClN3O3/c1-8-6-12(17(19)20)10(14)7-11(8)16-13(18)4-5-15-9-2-3-9/h6-7,9,15H,2-5H2,1H3,(H,16,18). The van der Waals surface area contributed by atoms with Crippen molar-refractivity contribution in [2.75, 3.05) is 11.9 Å². The Kier molecular flexibility index (Phi) is 4.57. The molecule has 0 atom stereocenters. The summed E-state index contributed by atoms with van der Waals surface area (Å²) in [7, 11) is 0. The van der Waals surface area contributed by atoms with Crippen molar-refractivity contribution < 1.29 is 9.72 Å². The lowest BCUT2D eigenvalue weighted by Crippen LogP contribution is -2.23. The van der Waals surface area contributed by atoms with Crippen LogP contribution in [0, 0.1) is 17.0 Å². The third-order valence-electron chi connectivity index (χ3n) is 3.13. The molecule has 1 amide bonds. The predicted octanol–water partition coefficient (Wildman–Crippen LogP) is 2.64. The van der Waals surface area contributed by atoms with Crippen molar-refractivity contribution in [1.82, 2.24) is 5.32 Å². The summed E-state index contributed by atoms with van der Waals surface area (Å²) in [6.45, 7) is 2.33. The Labute approximate surface area is 121 Å². The van der Waals surface area contributed by atoms with Gasteiger partial charge in [-0.15, -0.1) is 0 Å². The molecule has 1 aliphatic carbocycles. The molecular weight excluding hydrogens is 282 g/mol. The molecular formula is C13H16ClN3O3. The smallest absolute Gasteiger partial charge is 0.288 e. The molecule has 0 bridgehead atoms. The number of benzene rings is 1. The molecule has 0 aliphatic heterocycles. The second-order valence-corrected chi connectivity index (χ2v) is 5.31. The highest BCUT2D eigenvalue weighted by molar-refractivity contribution is 6.33. The van der Waals surface area contributed by atoms with Gasteiger partial charge >= 0.3 is 0 Å². The van der Waals surface area contributed by atoms with Crippen LogP contribution in [-0.2, 0) is 4.79 Å². The highest BCUT2D eigenvalue weighted by Crippen LogP contribution is 2.30. The van der Waals surface area contributed by atoms with E-state index in [4.69, 9.17) is 11.6 Å². The fraction of sp³-hybridized carbons (Fsp3) is 0.462. The van der Waals surface area contributed by atoms with Gasteiger partial charge in [0, 0.05) is 30.8 Å². The minimum Gasteiger partial charge on any atom is -0.326 e. The number of nitrogens with one attached hydrogen (secondary N) is 2. The van der Waals surface area contributed by atoms with Crippen LogP contribution in [0.5, 0.6) is 0 Å². The number of amides is 1. The van der Waals surface area contributed by atoms with Crippen LogP contribution in [0.4, 0.5) is 11.4 Å². The van der Waals surface area contributed by atoms with E-state index in [1.54, 1.807) is 6.92 Å². The lowest BCUT2D eigenvalue weighted by atomic mass is 10.1. The van der Waals surface area contributed by atoms with Crippen LogP contribution in [0.3, 0.4) is 0 Å². The van der Waals surface area contributed by atoms with Crippen molar-refractivity contribution >= 4 is 28.9 Å². The Balaban J connectivity index is 1.95. The minimum atomic E-state index is -0.541. The van der Waals surface area contributed by atoms with Crippen molar-refractivity contribution in [2.45, 2.75) is 32.2 Å². The number of nitro benzene ring substituents is 1. The van der Waals surface area contributed by atoms with Gasteiger partial charge in [-0.05, 0) is 31.4 Å². The monoisotopic (exact) mass is 297 g/mol. The van der Waals surface area contributed by atoms with Crippen molar-refractivity contribution in [3.63, 3.8) is 0 Å². The first-order chi connectivity index (χ1) is 9.47. The zero-order valence-corrected chi connectivity index (χ0v) is 11.9. The zero-order chi connectivity index (χ0) is 14.7. The number of nitrogens with zero attached hydrogens (tertiary/aromatic N) is 1. The molecule has 2 rings (SSSR count). The SMILES string of the molecule is Cc1cc([N+](=O)[O-])c(Cl)cc1NC(=O)CCNC1CC1. The van der Waals surface area contributed by atoms with Crippen LogP contribution in [0.25, 0.3) is 0 Å². The number of rotatable bonds is 6. The first-order valence-electron chi connectivity index (χ1n) is 6.45. The molecule has 1 saturated carbocycles. The molecule has 0 spiro atoms. The van der Waals surface area contributed by atoms with Crippen molar-refractivity contribution in [2.24, 2.45) is 0 Å². The van der Waals surface area contributed by atoms with Crippen LogP contribution in [0.1, 0.15) is 24.8 Å². The molecule has 1 aliphatic rings. The van der Waals surface area contributed by atoms with E-state index in [1.807, 2.05) is 0 Å². The van der Waals surface area contributed by atoms with Gasteiger partial charge in [-0.2, -0.15) is 0 Å². The summed E-state index contributed by atoms with van der Waals surface area (Å²) in [5.74, 6) is -0.133. The van der Waals surface area contributed by atoms with E-state index in [1.165, 1.54) is 25.0 Å². The maximum atomic E-state index is 11.8. The van der Waals surface area contributed by atoms with E-state index in [9.17, 15) is 14.9 Å². The summed E-state index contributed by atoms with van der Waals surface area (Å²) in [6.07, 6.45) is 2.72. The van der Waals surface area contributed by atoms with Gasteiger partial charge in [0.15, 0.2) is 0 Å². The van der Waals surface area contributed by atoms with E-state index >= 15 is 0 Å². The number of hydrogen-bond acceptors (Lipinski definition) is 4. The first kappa shape index (κ1) is 14.7. The third-order valence-corrected chi connectivity index (χ3v) is 3.43. The summed E-state index contributed by atoms with van der Waals surface area (Å²) in [5, 5.41) is 16.7. The van der Waals surface area contributed by atoms with Gasteiger partial charge < -0.3 is 10.6 Å². The third kappa shape index (κ3) is 3.91. The highest BCUT2D eigenvalue weighted by Gasteiger charge is 2.20. The number of aryl methyl sites for hydroxylation is 1. The average Bonchev–Trinajstić information content (AvgIpc) is 3.17. The molecule has 0 unspecified atom stereocenters. The Bertz CT molecular complexity index is 544. The number of carbonyl (C=O) groups is 1. The highest BCUT2D eigenvalue weighted by atomic mass is 35.5. The number of halogens is 1. The summed E-state index contributed by atoms with van der Waals surface area (Å²) in [4.78, 5) is 22.0. The minimum absolute atomic E-state index is 0.0204. The quantitative estimate of drug-likeness (QED) is 0.624. The van der Waals surface area contributed by atoms with Gasteiger partial charge in [-0.3, -0.25) is 14.9 Å². The fourth-order valence-electron chi connectivity index (χ4n) is 1.83. The first-order valence-corrected chi connectivity index (χ1v) is 6.83. The molecule has 20 heavy (non-hydrogen) atoms.